The highest BCUT2D eigenvalue weighted by Crippen LogP contribution is 2.34. The van der Waals surface area contributed by atoms with E-state index in [-0.39, 0.29) is 37.9 Å². The molecule has 0 spiro atoms. The molecule has 1 aromatic heterocycles. The zero-order chi connectivity index (χ0) is 26.6. The maximum absolute atomic E-state index is 14.8. The summed E-state index contributed by atoms with van der Waals surface area (Å²) in [5.74, 6) is 0.137. The number of amides is 2. The van der Waals surface area contributed by atoms with E-state index >= 15 is 0 Å². The van der Waals surface area contributed by atoms with Crippen molar-refractivity contribution in [3.05, 3.63) is 35.6 Å². The van der Waals surface area contributed by atoms with Crippen LogP contribution in [0.25, 0.3) is 11.1 Å². The van der Waals surface area contributed by atoms with E-state index in [4.69, 9.17) is 19.3 Å². The van der Waals surface area contributed by atoms with Crippen LogP contribution in [0.3, 0.4) is 0 Å². The number of carbonyl (C=O) groups excluding carboxylic acids is 1. The molecule has 2 aliphatic rings. The Balaban J connectivity index is 1.62. The number of aliphatic hydroxyl groups is 1. The Bertz CT molecular complexity index is 1110. The maximum Gasteiger partial charge on any atom is 0.416 e. The predicted molar refractivity (Wildman–Crippen MR) is 126 cm³/mol. The number of halogens is 4. The van der Waals surface area contributed by atoms with Gasteiger partial charge in [-0.05, 0) is 41.8 Å². The molecular formula is C24H28F4N4O5. The Labute approximate surface area is 210 Å². The highest BCUT2D eigenvalue weighted by Gasteiger charge is 2.44. The number of hydrogen-bond donors (Lipinski definition) is 2. The molecule has 0 saturated carbocycles. The van der Waals surface area contributed by atoms with E-state index in [0.717, 1.165) is 4.90 Å². The summed E-state index contributed by atoms with van der Waals surface area (Å²) in [7, 11) is 0. The first-order valence-electron chi connectivity index (χ1n) is 11.8. The normalized spacial score (nSPS) is 18.6. The van der Waals surface area contributed by atoms with Gasteiger partial charge in [-0.3, -0.25) is 0 Å². The summed E-state index contributed by atoms with van der Waals surface area (Å²) in [6, 6.07) is 5.26. The largest absolute Gasteiger partial charge is 0.475 e. The van der Waals surface area contributed by atoms with Crippen molar-refractivity contribution in [2.24, 2.45) is 0 Å². The first-order chi connectivity index (χ1) is 17.7. The number of carbonyl (C=O) groups is 1. The molecule has 4 rings (SSSR count). The number of nitrogens with zero attached hydrogens (tertiary/aromatic N) is 3. The molecule has 2 fully saturated rings. The van der Waals surface area contributed by atoms with Gasteiger partial charge in [0, 0.05) is 25.7 Å². The fourth-order valence-electron chi connectivity index (χ4n) is 4.13. The Morgan fingerprint density at radius 1 is 1.19 bits per heavy atom. The standard InChI is InChI=1S/C24H28F4N4O5/c1-15-10-18(25)19(29-23(34)32-4-8-36-20(14-32)24(26,27)28)13-17(15)16-11-21(31-2-6-35-7-3-31)30-22(12-16)37-9-5-33/h10-13,20,33H,2-9,14H2,1H3,(H,29,34)/t20-/m1/s1. The van der Waals surface area contributed by atoms with Crippen molar-refractivity contribution in [2.75, 3.05) is 69.4 Å². The topological polar surface area (TPSA) is 96.4 Å². The van der Waals surface area contributed by atoms with Gasteiger partial charge in [-0.15, -0.1) is 0 Å². The number of rotatable bonds is 6. The van der Waals surface area contributed by atoms with Crippen LogP contribution < -0.4 is 15.0 Å². The van der Waals surface area contributed by atoms with Crippen LogP contribution in [0.2, 0.25) is 0 Å². The third-order valence-electron chi connectivity index (χ3n) is 6.05. The van der Waals surface area contributed by atoms with E-state index in [1.54, 1.807) is 19.1 Å². The summed E-state index contributed by atoms with van der Waals surface area (Å²) in [5, 5.41) is 11.6. The van der Waals surface area contributed by atoms with Crippen LogP contribution in [-0.4, -0.2) is 92.5 Å². The molecule has 202 valence electrons. The lowest BCUT2D eigenvalue weighted by molar-refractivity contribution is -0.233. The number of hydrogen-bond acceptors (Lipinski definition) is 7. The quantitative estimate of drug-likeness (QED) is 0.556. The van der Waals surface area contributed by atoms with Crippen molar-refractivity contribution in [1.29, 1.82) is 0 Å². The zero-order valence-electron chi connectivity index (χ0n) is 20.2. The Morgan fingerprint density at radius 3 is 2.65 bits per heavy atom. The number of alkyl halides is 3. The number of anilines is 2. The molecule has 0 radical (unpaired) electrons. The second-order valence-corrected chi connectivity index (χ2v) is 8.65. The van der Waals surface area contributed by atoms with E-state index in [1.807, 2.05) is 4.90 Å². The highest BCUT2D eigenvalue weighted by molar-refractivity contribution is 5.91. The van der Waals surface area contributed by atoms with E-state index in [2.05, 4.69) is 10.3 Å². The molecular weight excluding hydrogens is 500 g/mol. The fourth-order valence-corrected chi connectivity index (χ4v) is 4.13. The number of aliphatic hydroxyl groups excluding tert-OH is 1. The molecule has 2 aromatic rings. The lowest BCUT2D eigenvalue weighted by atomic mass is 10.00. The van der Waals surface area contributed by atoms with Crippen molar-refractivity contribution in [3.8, 4) is 17.0 Å². The van der Waals surface area contributed by atoms with Crippen LogP contribution in [0.4, 0.5) is 33.9 Å². The molecule has 2 N–H and O–H groups in total. The molecule has 0 bridgehead atoms. The SMILES string of the molecule is Cc1cc(F)c(NC(=O)N2CCO[C@@H](C(F)(F)F)C2)cc1-c1cc(OCCO)nc(N2CCOCC2)c1. The number of aryl methyl sites for hydroxylation is 1. The van der Waals surface area contributed by atoms with Crippen LogP contribution in [-0.2, 0) is 9.47 Å². The second-order valence-electron chi connectivity index (χ2n) is 8.65. The van der Waals surface area contributed by atoms with E-state index in [9.17, 15) is 22.4 Å². The number of nitrogens with one attached hydrogen (secondary N) is 1. The molecule has 2 aliphatic heterocycles. The smallest absolute Gasteiger partial charge is 0.416 e. The minimum absolute atomic E-state index is 0.0289. The minimum atomic E-state index is -4.61. The van der Waals surface area contributed by atoms with Gasteiger partial charge in [-0.2, -0.15) is 18.2 Å². The van der Waals surface area contributed by atoms with Gasteiger partial charge in [0.2, 0.25) is 5.88 Å². The van der Waals surface area contributed by atoms with E-state index < -0.39 is 30.7 Å². The number of benzene rings is 1. The van der Waals surface area contributed by atoms with Crippen LogP contribution in [0.5, 0.6) is 5.88 Å². The monoisotopic (exact) mass is 528 g/mol. The maximum atomic E-state index is 14.8. The third-order valence-corrected chi connectivity index (χ3v) is 6.05. The molecule has 2 amide bonds. The van der Waals surface area contributed by atoms with Crippen LogP contribution in [0, 0.1) is 12.7 Å². The number of urea groups is 1. The van der Waals surface area contributed by atoms with Gasteiger partial charge in [-0.1, -0.05) is 0 Å². The Kier molecular flexibility index (Phi) is 8.35. The molecule has 0 unspecified atom stereocenters. The van der Waals surface area contributed by atoms with E-state index in [1.165, 1.54) is 12.1 Å². The van der Waals surface area contributed by atoms with Crippen molar-refractivity contribution in [2.45, 2.75) is 19.2 Å². The number of ether oxygens (including phenoxy) is 3. The molecule has 2 saturated heterocycles. The van der Waals surface area contributed by atoms with Gasteiger partial charge >= 0.3 is 12.2 Å². The molecule has 37 heavy (non-hydrogen) atoms. The Morgan fingerprint density at radius 2 is 1.95 bits per heavy atom. The van der Waals surface area contributed by atoms with Gasteiger partial charge < -0.3 is 34.4 Å². The number of aromatic nitrogens is 1. The van der Waals surface area contributed by atoms with Gasteiger partial charge in [-0.25, -0.2) is 9.18 Å². The average Bonchev–Trinajstić information content (AvgIpc) is 2.89. The molecule has 9 nitrogen and oxygen atoms in total. The van der Waals surface area contributed by atoms with Gasteiger partial charge in [0.1, 0.15) is 18.2 Å². The molecule has 13 heteroatoms. The first kappa shape index (κ1) is 26.9. The summed E-state index contributed by atoms with van der Waals surface area (Å²) in [5.41, 5.74) is 1.58. The van der Waals surface area contributed by atoms with Crippen LogP contribution in [0.15, 0.2) is 24.3 Å². The van der Waals surface area contributed by atoms with Gasteiger partial charge in [0.05, 0.1) is 38.7 Å². The van der Waals surface area contributed by atoms with Crippen molar-refractivity contribution >= 4 is 17.5 Å². The van der Waals surface area contributed by atoms with Crippen molar-refractivity contribution in [3.63, 3.8) is 0 Å². The first-order valence-corrected chi connectivity index (χ1v) is 11.8. The summed E-state index contributed by atoms with van der Waals surface area (Å²) in [4.78, 5) is 20.2. The molecule has 1 aromatic carbocycles. The highest BCUT2D eigenvalue weighted by atomic mass is 19.4. The Hall–Kier alpha value is -3.16. The summed E-state index contributed by atoms with van der Waals surface area (Å²) in [6.45, 7) is 2.77. The van der Waals surface area contributed by atoms with Crippen molar-refractivity contribution in [1.82, 2.24) is 9.88 Å². The third kappa shape index (κ3) is 6.59. The van der Waals surface area contributed by atoms with Crippen LogP contribution >= 0.6 is 0 Å². The zero-order valence-corrected chi connectivity index (χ0v) is 20.2. The number of morpholine rings is 2. The summed E-state index contributed by atoms with van der Waals surface area (Å²) < 4.78 is 69.7. The van der Waals surface area contributed by atoms with Gasteiger partial charge in [0.25, 0.3) is 0 Å². The minimum Gasteiger partial charge on any atom is -0.475 e. The summed E-state index contributed by atoms with van der Waals surface area (Å²) in [6.07, 6.45) is -6.71. The van der Waals surface area contributed by atoms with Gasteiger partial charge in [0.15, 0.2) is 6.10 Å². The average molecular weight is 529 g/mol. The van der Waals surface area contributed by atoms with Crippen molar-refractivity contribution < 1.29 is 41.7 Å². The lowest BCUT2D eigenvalue weighted by Crippen LogP contribution is -2.52. The molecule has 0 aliphatic carbocycles. The molecule has 3 heterocycles. The predicted octanol–water partition coefficient (Wildman–Crippen LogP) is 3.20. The number of pyridine rings is 1. The fraction of sp³-hybridized carbons (Fsp3) is 0.500. The van der Waals surface area contributed by atoms with E-state index in [0.29, 0.717) is 48.8 Å². The van der Waals surface area contributed by atoms with Crippen LogP contribution in [0.1, 0.15) is 5.56 Å². The molecule has 1 atom stereocenters. The lowest BCUT2D eigenvalue weighted by Gasteiger charge is -2.33. The summed E-state index contributed by atoms with van der Waals surface area (Å²) >= 11 is 0. The second kappa shape index (κ2) is 11.5.